The van der Waals surface area contributed by atoms with Crippen molar-refractivity contribution in [3.05, 3.63) is 69.2 Å². The Kier molecular flexibility index (Phi) is 8.99. The van der Waals surface area contributed by atoms with Crippen molar-refractivity contribution in [2.24, 2.45) is 0 Å². The quantitative estimate of drug-likeness (QED) is 0.590. The molecule has 0 bridgehead atoms. The average molecular weight is 435 g/mol. The lowest BCUT2D eigenvalue weighted by molar-refractivity contribution is -0.140. The first-order valence-electron chi connectivity index (χ1n) is 9.92. The molecule has 0 radical (unpaired) electrons. The van der Waals surface area contributed by atoms with Crippen LogP contribution in [0, 0.1) is 6.92 Å². The van der Waals surface area contributed by atoms with Gasteiger partial charge in [-0.15, -0.1) is 0 Å². The number of rotatable bonds is 9. The van der Waals surface area contributed by atoms with Gasteiger partial charge in [-0.3, -0.25) is 9.59 Å². The minimum atomic E-state index is -0.547. The Bertz CT molecular complexity index is 837. The van der Waals surface area contributed by atoms with E-state index in [0.29, 0.717) is 29.6 Å². The highest BCUT2D eigenvalue weighted by Crippen LogP contribution is 2.24. The summed E-state index contributed by atoms with van der Waals surface area (Å²) in [6.45, 7) is 6.80. The highest BCUT2D eigenvalue weighted by atomic mass is 35.5. The molecule has 2 amide bonds. The van der Waals surface area contributed by atoms with Crippen LogP contribution < -0.4 is 5.32 Å². The van der Waals surface area contributed by atoms with Crippen molar-refractivity contribution in [3.8, 4) is 0 Å². The Labute approximate surface area is 183 Å². The van der Waals surface area contributed by atoms with E-state index in [2.05, 4.69) is 5.32 Å². The normalized spacial score (nSPS) is 11.8. The fraction of sp³-hybridized carbons (Fsp3) is 0.391. The Morgan fingerprint density at radius 1 is 1.00 bits per heavy atom. The van der Waals surface area contributed by atoms with Crippen LogP contribution in [-0.4, -0.2) is 29.3 Å². The van der Waals surface area contributed by atoms with E-state index in [1.807, 2.05) is 51.1 Å². The van der Waals surface area contributed by atoms with Gasteiger partial charge in [-0.1, -0.05) is 72.9 Å². The zero-order valence-electron chi connectivity index (χ0n) is 17.2. The maximum atomic E-state index is 13.2. The van der Waals surface area contributed by atoms with Crippen molar-refractivity contribution >= 4 is 35.0 Å². The minimum absolute atomic E-state index is 0.0987. The Morgan fingerprint density at radius 3 is 2.24 bits per heavy atom. The van der Waals surface area contributed by atoms with Crippen LogP contribution in [0.1, 0.15) is 43.4 Å². The first-order valence-corrected chi connectivity index (χ1v) is 10.7. The summed E-state index contributed by atoms with van der Waals surface area (Å²) in [7, 11) is 0. The Morgan fingerprint density at radius 2 is 1.66 bits per heavy atom. The lowest BCUT2D eigenvalue weighted by Crippen LogP contribution is -2.49. The van der Waals surface area contributed by atoms with E-state index in [-0.39, 0.29) is 18.2 Å². The first-order chi connectivity index (χ1) is 13.8. The Hall–Kier alpha value is -2.04. The van der Waals surface area contributed by atoms with Crippen LogP contribution >= 0.6 is 23.2 Å². The summed E-state index contributed by atoms with van der Waals surface area (Å²) in [5.41, 5.74) is 2.89. The van der Waals surface area contributed by atoms with Gasteiger partial charge in [0.2, 0.25) is 11.8 Å². The summed E-state index contributed by atoms with van der Waals surface area (Å²) in [4.78, 5) is 27.6. The molecule has 1 atom stereocenters. The van der Waals surface area contributed by atoms with Gasteiger partial charge in [0.15, 0.2) is 0 Å². The number of carbonyl (C=O) groups excluding carboxylic acids is 2. The Balaban J connectivity index is 2.28. The van der Waals surface area contributed by atoms with Crippen LogP contribution in [0.25, 0.3) is 0 Å². The molecule has 0 unspecified atom stereocenters. The molecule has 6 heteroatoms. The molecule has 0 aromatic heterocycles. The number of hydrogen-bond acceptors (Lipinski definition) is 2. The molecule has 2 aromatic carbocycles. The molecule has 1 N–H and O–H groups in total. The second-order valence-corrected chi connectivity index (χ2v) is 7.96. The van der Waals surface area contributed by atoms with Crippen LogP contribution in [-0.2, 0) is 22.6 Å². The van der Waals surface area contributed by atoms with Gasteiger partial charge in [-0.05, 0) is 43.0 Å². The van der Waals surface area contributed by atoms with Crippen LogP contribution in [0.2, 0.25) is 10.0 Å². The summed E-state index contributed by atoms with van der Waals surface area (Å²) in [5, 5.41) is 3.80. The van der Waals surface area contributed by atoms with Gasteiger partial charge in [-0.25, -0.2) is 0 Å². The fourth-order valence-corrected chi connectivity index (χ4v) is 3.42. The predicted molar refractivity (Wildman–Crippen MR) is 119 cm³/mol. The van der Waals surface area contributed by atoms with Crippen molar-refractivity contribution in [1.29, 1.82) is 0 Å². The molecule has 0 fully saturated rings. The smallest absolute Gasteiger partial charge is 0.242 e. The molecule has 0 heterocycles. The van der Waals surface area contributed by atoms with E-state index in [9.17, 15) is 9.59 Å². The maximum absolute atomic E-state index is 13.2. The van der Waals surface area contributed by atoms with Gasteiger partial charge in [-0.2, -0.15) is 0 Å². The molecule has 4 nitrogen and oxygen atoms in total. The van der Waals surface area contributed by atoms with Gasteiger partial charge in [0, 0.05) is 13.1 Å². The van der Waals surface area contributed by atoms with E-state index in [0.717, 1.165) is 23.1 Å². The van der Waals surface area contributed by atoms with Gasteiger partial charge in [0.1, 0.15) is 6.04 Å². The fourth-order valence-electron chi connectivity index (χ4n) is 3.10. The molecular weight excluding hydrogens is 407 g/mol. The second kappa shape index (κ2) is 11.2. The lowest BCUT2D eigenvalue weighted by atomic mass is 10.1. The molecule has 0 saturated heterocycles. The van der Waals surface area contributed by atoms with Gasteiger partial charge in [0.05, 0.1) is 16.5 Å². The van der Waals surface area contributed by atoms with Gasteiger partial charge < -0.3 is 10.2 Å². The number of hydrogen-bond donors (Lipinski definition) is 1. The number of benzene rings is 2. The largest absolute Gasteiger partial charge is 0.354 e. The van der Waals surface area contributed by atoms with Crippen LogP contribution in [0.5, 0.6) is 0 Å². The van der Waals surface area contributed by atoms with E-state index in [4.69, 9.17) is 23.2 Å². The highest BCUT2D eigenvalue weighted by Gasteiger charge is 2.28. The minimum Gasteiger partial charge on any atom is -0.354 e. The first kappa shape index (κ1) is 23.2. The molecule has 0 aliphatic heterocycles. The van der Waals surface area contributed by atoms with E-state index in [1.165, 1.54) is 0 Å². The zero-order chi connectivity index (χ0) is 21.4. The van der Waals surface area contributed by atoms with E-state index >= 15 is 0 Å². The van der Waals surface area contributed by atoms with E-state index in [1.54, 1.807) is 17.0 Å². The topological polar surface area (TPSA) is 49.4 Å². The summed E-state index contributed by atoms with van der Waals surface area (Å²) >= 11 is 12.2. The van der Waals surface area contributed by atoms with Crippen molar-refractivity contribution in [2.45, 2.75) is 52.6 Å². The third kappa shape index (κ3) is 6.76. The molecule has 156 valence electrons. The molecule has 0 aliphatic rings. The number of carbonyl (C=O) groups is 2. The summed E-state index contributed by atoms with van der Waals surface area (Å²) < 4.78 is 0. The molecule has 0 spiro atoms. The lowest BCUT2D eigenvalue weighted by Gasteiger charge is -2.31. The summed E-state index contributed by atoms with van der Waals surface area (Å²) in [6, 6.07) is 12.6. The number of aryl methyl sites for hydroxylation is 1. The average Bonchev–Trinajstić information content (AvgIpc) is 2.70. The number of nitrogens with zero attached hydrogens (tertiary/aromatic N) is 1. The molecule has 0 aliphatic carbocycles. The monoisotopic (exact) mass is 434 g/mol. The van der Waals surface area contributed by atoms with Crippen molar-refractivity contribution in [1.82, 2.24) is 10.2 Å². The predicted octanol–water partition coefficient (Wildman–Crippen LogP) is 5.18. The number of amides is 2. The van der Waals surface area contributed by atoms with Gasteiger partial charge in [0.25, 0.3) is 0 Å². The number of nitrogens with one attached hydrogen (secondary N) is 1. The van der Waals surface area contributed by atoms with Crippen LogP contribution in [0.15, 0.2) is 42.5 Å². The maximum Gasteiger partial charge on any atom is 0.242 e. The standard InChI is InChI=1S/C23H28Cl2N2O2/c1-4-12-26-23(29)21(5-2)27(15-18-10-11-19(24)20(25)13-18)22(28)14-17-8-6-16(3)7-9-17/h6-11,13,21H,4-5,12,14-15H2,1-3H3,(H,26,29)/t21-/m0/s1. The molecule has 0 saturated carbocycles. The second-order valence-electron chi connectivity index (χ2n) is 7.15. The third-order valence-corrected chi connectivity index (χ3v) is 5.49. The van der Waals surface area contributed by atoms with Crippen LogP contribution in [0.4, 0.5) is 0 Å². The summed E-state index contributed by atoms with van der Waals surface area (Å²) in [5.74, 6) is -0.231. The molecule has 2 rings (SSSR count). The van der Waals surface area contributed by atoms with E-state index < -0.39 is 6.04 Å². The number of halogens is 2. The SMILES string of the molecule is CCCNC(=O)[C@H](CC)N(Cc1ccc(Cl)c(Cl)c1)C(=O)Cc1ccc(C)cc1. The van der Waals surface area contributed by atoms with Crippen molar-refractivity contribution < 1.29 is 9.59 Å². The highest BCUT2D eigenvalue weighted by molar-refractivity contribution is 6.42. The molecule has 2 aromatic rings. The third-order valence-electron chi connectivity index (χ3n) is 4.75. The summed E-state index contributed by atoms with van der Waals surface area (Å²) in [6.07, 6.45) is 1.60. The van der Waals surface area contributed by atoms with Gasteiger partial charge >= 0.3 is 0 Å². The zero-order valence-corrected chi connectivity index (χ0v) is 18.7. The van der Waals surface area contributed by atoms with Crippen LogP contribution in [0.3, 0.4) is 0 Å². The van der Waals surface area contributed by atoms with Crippen molar-refractivity contribution in [2.75, 3.05) is 6.54 Å². The van der Waals surface area contributed by atoms with Crippen molar-refractivity contribution in [3.63, 3.8) is 0 Å². The molecular formula is C23H28Cl2N2O2. The molecule has 29 heavy (non-hydrogen) atoms.